The molecule has 0 aliphatic carbocycles. The summed E-state index contributed by atoms with van der Waals surface area (Å²) >= 11 is 0. The number of carbonyl (C=O) groups excluding carboxylic acids is 1. The Hall–Kier alpha value is -2.75. The van der Waals surface area contributed by atoms with E-state index >= 15 is 0 Å². The maximum Gasteiger partial charge on any atom is 0.196 e. The molecule has 0 heterocycles. The van der Waals surface area contributed by atoms with Gasteiger partial charge in [-0.25, -0.2) is 0 Å². The topological polar surface area (TPSA) is 66.8 Å². The maximum absolute atomic E-state index is 12.3. The van der Waals surface area contributed by atoms with Gasteiger partial charge in [-0.1, -0.05) is 36.9 Å². The summed E-state index contributed by atoms with van der Waals surface area (Å²) < 4.78 is 5.38. The van der Waals surface area contributed by atoms with Crippen molar-refractivity contribution in [3.05, 3.63) is 72.0 Å². The molecule has 4 nitrogen and oxygen atoms in total. The van der Waals surface area contributed by atoms with E-state index in [-0.39, 0.29) is 17.3 Å². The largest absolute Gasteiger partial charge is 0.513 e. The molecule has 4 heteroatoms. The Morgan fingerprint density at radius 3 is 2.32 bits per heavy atom. The number of aromatic hydroxyl groups is 1. The Morgan fingerprint density at radius 2 is 1.77 bits per heavy atom. The lowest BCUT2D eigenvalue weighted by molar-refractivity contribution is 0.103. The number of carbonyl (C=O) groups is 1. The second kappa shape index (κ2) is 8.52. The molecule has 0 bridgehead atoms. The highest BCUT2D eigenvalue weighted by Gasteiger charge is 2.14. The molecular formula is C18H20O4. The minimum absolute atomic E-state index is 0.0862. The summed E-state index contributed by atoms with van der Waals surface area (Å²) in [5.74, 6) is 0.550. The van der Waals surface area contributed by atoms with Gasteiger partial charge < -0.3 is 14.9 Å². The monoisotopic (exact) mass is 300 g/mol. The van der Waals surface area contributed by atoms with Crippen LogP contribution in [0.5, 0.6) is 11.5 Å². The van der Waals surface area contributed by atoms with Crippen LogP contribution >= 0.6 is 0 Å². The second-order valence-corrected chi connectivity index (χ2v) is 4.54. The Bertz CT molecular complexity index is 629. The molecule has 0 unspecified atom stereocenters. The van der Waals surface area contributed by atoms with Gasteiger partial charge in [0.05, 0.1) is 17.9 Å². The van der Waals surface area contributed by atoms with E-state index in [4.69, 9.17) is 9.84 Å². The van der Waals surface area contributed by atoms with Crippen molar-refractivity contribution in [3.63, 3.8) is 0 Å². The van der Waals surface area contributed by atoms with E-state index in [1.807, 2.05) is 25.1 Å². The van der Waals surface area contributed by atoms with Crippen LogP contribution in [0, 0.1) is 0 Å². The number of rotatable bonds is 4. The van der Waals surface area contributed by atoms with E-state index in [9.17, 15) is 9.90 Å². The van der Waals surface area contributed by atoms with Gasteiger partial charge in [0.2, 0.25) is 0 Å². The molecule has 116 valence electrons. The zero-order chi connectivity index (χ0) is 16.5. The van der Waals surface area contributed by atoms with E-state index in [1.165, 1.54) is 19.1 Å². The van der Waals surface area contributed by atoms with Crippen molar-refractivity contribution in [2.24, 2.45) is 0 Å². The van der Waals surface area contributed by atoms with Gasteiger partial charge in [-0.05, 0) is 26.0 Å². The average Bonchev–Trinajstić information content (AvgIpc) is 2.47. The van der Waals surface area contributed by atoms with Gasteiger partial charge in [0, 0.05) is 11.6 Å². The van der Waals surface area contributed by atoms with Crippen LogP contribution in [0.1, 0.15) is 29.8 Å². The third kappa shape index (κ3) is 5.32. The first kappa shape index (κ1) is 17.3. The second-order valence-electron chi connectivity index (χ2n) is 4.54. The molecule has 0 fully saturated rings. The highest BCUT2D eigenvalue weighted by molar-refractivity contribution is 6.10. The number of phenols is 1. The van der Waals surface area contributed by atoms with E-state index in [1.54, 1.807) is 18.2 Å². The predicted molar refractivity (Wildman–Crippen MR) is 86.6 cm³/mol. The number of aliphatic hydroxyl groups is 1. The average molecular weight is 300 g/mol. The molecule has 0 atom stereocenters. The first-order valence-electron chi connectivity index (χ1n) is 6.85. The molecule has 0 saturated carbocycles. The fourth-order valence-corrected chi connectivity index (χ4v) is 1.72. The molecule has 0 spiro atoms. The molecule has 2 N–H and O–H groups in total. The van der Waals surface area contributed by atoms with Gasteiger partial charge >= 0.3 is 0 Å². The van der Waals surface area contributed by atoms with Crippen LogP contribution in [-0.2, 0) is 0 Å². The van der Waals surface area contributed by atoms with E-state index in [0.717, 1.165) is 0 Å². The number of hydrogen-bond donors (Lipinski definition) is 2. The summed E-state index contributed by atoms with van der Waals surface area (Å²) in [6, 6.07) is 13.5. The zero-order valence-electron chi connectivity index (χ0n) is 12.7. The first-order chi connectivity index (χ1) is 10.5. The number of benzene rings is 2. The molecule has 0 amide bonds. The number of phenolic OH excluding ortho intramolecular Hbond substituents is 1. The molecule has 2 aromatic carbocycles. The summed E-state index contributed by atoms with van der Waals surface area (Å²) in [4.78, 5) is 12.3. The molecule has 0 aliphatic heterocycles. The van der Waals surface area contributed by atoms with Crippen LogP contribution in [0.2, 0.25) is 0 Å². The Morgan fingerprint density at radius 1 is 1.18 bits per heavy atom. The summed E-state index contributed by atoms with van der Waals surface area (Å²) in [7, 11) is 0. The SMILES string of the molecule is C=C(C)O.CCOc1cc(O)ccc1C(=O)c1ccccc1. The number of ketones is 1. The van der Waals surface area contributed by atoms with Gasteiger partial charge in [-0.3, -0.25) is 4.79 Å². The van der Waals surface area contributed by atoms with Crippen molar-refractivity contribution in [1.82, 2.24) is 0 Å². The van der Waals surface area contributed by atoms with Gasteiger partial charge in [0.1, 0.15) is 11.5 Å². The Labute approximate surface area is 130 Å². The standard InChI is InChI=1S/C15H14O3.C3H6O/c1-2-18-14-10-12(16)8-9-13(14)15(17)11-6-4-3-5-7-11;1-3(2)4/h3-10,16H,2H2,1H3;4H,1H2,2H3. The molecule has 0 radical (unpaired) electrons. The predicted octanol–water partition coefficient (Wildman–Crippen LogP) is 4.10. The van der Waals surface area contributed by atoms with E-state index in [2.05, 4.69) is 6.58 Å². The van der Waals surface area contributed by atoms with Crippen LogP contribution in [0.4, 0.5) is 0 Å². The minimum atomic E-state index is -0.112. The Kier molecular flexibility index (Phi) is 6.70. The summed E-state index contributed by atoms with van der Waals surface area (Å²) in [6.07, 6.45) is 0. The summed E-state index contributed by atoms with van der Waals surface area (Å²) in [6.45, 7) is 6.92. The van der Waals surface area contributed by atoms with Crippen molar-refractivity contribution in [2.75, 3.05) is 6.61 Å². The Balaban J connectivity index is 0.000000541. The van der Waals surface area contributed by atoms with Gasteiger partial charge in [0.25, 0.3) is 0 Å². The molecule has 2 aromatic rings. The van der Waals surface area contributed by atoms with Crippen molar-refractivity contribution >= 4 is 5.78 Å². The normalized spacial score (nSPS) is 9.36. The molecule has 22 heavy (non-hydrogen) atoms. The van der Waals surface area contributed by atoms with Gasteiger partial charge in [-0.15, -0.1) is 0 Å². The smallest absolute Gasteiger partial charge is 0.196 e. The number of aliphatic hydroxyl groups excluding tert-OH is 1. The maximum atomic E-state index is 12.3. The number of allylic oxidation sites excluding steroid dienone is 1. The molecule has 0 aromatic heterocycles. The third-order valence-electron chi connectivity index (χ3n) is 2.55. The van der Waals surface area contributed by atoms with Gasteiger partial charge in [0.15, 0.2) is 5.78 Å². The van der Waals surface area contributed by atoms with Crippen molar-refractivity contribution in [2.45, 2.75) is 13.8 Å². The van der Waals surface area contributed by atoms with Crippen molar-refractivity contribution in [1.29, 1.82) is 0 Å². The zero-order valence-corrected chi connectivity index (χ0v) is 12.7. The van der Waals surface area contributed by atoms with Crippen LogP contribution in [0.3, 0.4) is 0 Å². The number of ether oxygens (including phenoxy) is 1. The molecule has 0 aliphatic rings. The summed E-state index contributed by atoms with van der Waals surface area (Å²) in [5, 5.41) is 17.3. The lowest BCUT2D eigenvalue weighted by Crippen LogP contribution is -2.05. The van der Waals surface area contributed by atoms with Crippen LogP contribution < -0.4 is 4.74 Å². The van der Waals surface area contributed by atoms with Crippen LogP contribution in [0.15, 0.2) is 60.9 Å². The highest BCUT2D eigenvalue weighted by atomic mass is 16.5. The molecule has 0 saturated heterocycles. The molecule has 2 rings (SSSR count). The third-order valence-corrected chi connectivity index (χ3v) is 2.55. The van der Waals surface area contributed by atoms with Crippen molar-refractivity contribution in [3.8, 4) is 11.5 Å². The highest BCUT2D eigenvalue weighted by Crippen LogP contribution is 2.26. The minimum Gasteiger partial charge on any atom is -0.513 e. The van der Waals surface area contributed by atoms with Gasteiger partial charge in [-0.2, -0.15) is 0 Å². The lowest BCUT2D eigenvalue weighted by atomic mass is 10.0. The number of hydrogen-bond acceptors (Lipinski definition) is 4. The lowest BCUT2D eigenvalue weighted by Gasteiger charge is -2.09. The van der Waals surface area contributed by atoms with Crippen LogP contribution in [-0.4, -0.2) is 22.6 Å². The van der Waals surface area contributed by atoms with Crippen molar-refractivity contribution < 1.29 is 19.7 Å². The fourth-order valence-electron chi connectivity index (χ4n) is 1.72. The first-order valence-corrected chi connectivity index (χ1v) is 6.85. The summed E-state index contributed by atoms with van der Waals surface area (Å²) in [5.41, 5.74) is 1.06. The molecular weight excluding hydrogens is 280 g/mol. The van der Waals surface area contributed by atoms with E-state index < -0.39 is 0 Å². The fraction of sp³-hybridized carbons (Fsp3) is 0.167. The quantitative estimate of drug-likeness (QED) is 0.659. The van der Waals surface area contributed by atoms with E-state index in [0.29, 0.717) is 23.5 Å². The van der Waals surface area contributed by atoms with Crippen LogP contribution in [0.25, 0.3) is 0 Å².